The molecule has 0 spiro atoms. The second-order valence-electron chi connectivity index (χ2n) is 6.34. The molecule has 0 saturated carbocycles. The summed E-state index contributed by atoms with van der Waals surface area (Å²) in [5.41, 5.74) is 7.70. The number of anilines is 1. The normalized spacial score (nSPS) is 14.0. The van der Waals surface area contributed by atoms with Gasteiger partial charge in [-0.1, -0.05) is 29.6 Å². The molecular weight excluding hydrogens is 407 g/mol. The number of thiophene rings is 1. The Hall–Kier alpha value is -1.96. The molecule has 27 heavy (non-hydrogen) atoms. The number of hydrogen-bond donors (Lipinski definition) is 1. The molecular formula is C18H16Cl2N4O2S. The standard InChI is InChI=1S/C18H16Cl2N4O2S/c19-11-6-9(7-22-15(11)20)18(25)26-8-13-23-16(21)14-10-4-2-1-3-5-12(10)27-17(14)24-13/h6-7H,1-5,8H2,(H2,21,23,24). The fourth-order valence-electron chi connectivity index (χ4n) is 3.22. The summed E-state index contributed by atoms with van der Waals surface area (Å²) in [6.45, 7) is -0.0816. The maximum Gasteiger partial charge on any atom is 0.340 e. The van der Waals surface area contributed by atoms with Gasteiger partial charge in [0.15, 0.2) is 12.4 Å². The monoisotopic (exact) mass is 422 g/mol. The van der Waals surface area contributed by atoms with E-state index in [-0.39, 0.29) is 22.3 Å². The van der Waals surface area contributed by atoms with E-state index in [9.17, 15) is 4.79 Å². The van der Waals surface area contributed by atoms with Crippen LogP contribution in [-0.4, -0.2) is 20.9 Å². The topological polar surface area (TPSA) is 91.0 Å². The SMILES string of the molecule is Nc1nc(COC(=O)c2cnc(Cl)c(Cl)c2)nc2sc3c(c12)CCCCC3. The molecule has 6 nitrogen and oxygen atoms in total. The van der Waals surface area contributed by atoms with E-state index in [1.54, 1.807) is 11.3 Å². The Morgan fingerprint density at radius 2 is 2.04 bits per heavy atom. The first-order valence-corrected chi connectivity index (χ1v) is 10.1. The minimum atomic E-state index is -0.578. The second kappa shape index (κ2) is 7.58. The maximum absolute atomic E-state index is 12.2. The number of carbonyl (C=O) groups excluding carboxylic acids is 1. The number of ether oxygens (including phenoxy) is 1. The Kier molecular flexibility index (Phi) is 5.16. The molecule has 1 aliphatic carbocycles. The number of aromatic nitrogens is 3. The molecule has 0 atom stereocenters. The number of hydrogen-bond acceptors (Lipinski definition) is 7. The minimum absolute atomic E-state index is 0.0816. The van der Waals surface area contributed by atoms with E-state index >= 15 is 0 Å². The molecule has 140 valence electrons. The largest absolute Gasteiger partial charge is 0.454 e. The third-order valence-corrected chi connectivity index (χ3v) is 6.38. The van der Waals surface area contributed by atoms with Gasteiger partial charge < -0.3 is 10.5 Å². The molecule has 9 heteroatoms. The van der Waals surface area contributed by atoms with Gasteiger partial charge in [0.1, 0.15) is 15.8 Å². The van der Waals surface area contributed by atoms with E-state index in [4.69, 9.17) is 33.7 Å². The molecule has 0 unspecified atom stereocenters. The van der Waals surface area contributed by atoms with Crippen molar-refractivity contribution in [3.05, 3.63) is 44.3 Å². The van der Waals surface area contributed by atoms with Crippen molar-refractivity contribution in [1.82, 2.24) is 15.0 Å². The molecule has 0 amide bonds. The summed E-state index contributed by atoms with van der Waals surface area (Å²) >= 11 is 13.3. The Labute approximate surface area is 169 Å². The van der Waals surface area contributed by atoms with E-state index in [2.05, 4.69) is 15.0 Å². The van der Waals surface area contributed by atoms with Gasteiger partial charge in [0.2, 0.25) is 0 Å². The van der Waals surface area contributed by atoms with Crippen molar-refractivity contribution >= 4 is 56.5 Å². The lowest BCUT2D eigenvalue weighted by atomic mass is 10.1. The number of aryl methyl sites for hydroxylation is 2. The highest BCUT2D eigenvalue weighted by atomic mass is 35.5. The van der Waals surface area contributed by atoms with Gasteiger partial charge in [0.05, 0.1) is 16.0 Å². The van der Waals surface area contributed by atoms with E-state index in [0.717, 1.165) is 29.5 Å². The van der Waals surface area contributed by atoms with Crippen molar-refractivity contribution in [2.45, 2.75) is 38.7 Å². The average molecular weight is 423 g/mol. The average Bonchev–Trinajstić information content (AvgIpc) is 2.84. The predicted molar refractivity (Wildman–Crippen MR) is 106 cm³/mol. The van der Waals surface area contributed by atoms with Crippen LogP contribution >= 0.6 is 34.5 Å². The predicted octanol–water partition coefficient (Wildman–Crippen LogP) is 4.60. The molecule has 3 heterocycles. The zero-order chi connectivity index (χ0) is 19.0. The highest BCUT2D eigenvalue weighted by molar-refractivity contribution is 7.19. The van der Waals surface area contributed by atoms with Crippen LogP contribution in [0.4, 0.5) is 5.82 Å². The summed E-state index contributed by atoms with van der Waals surface area (Å²) in [5.74, 6) is 0.240. The van der Waals surface area contributed by atoms with Gasteiger partial charge >= 0.3 is 5.97 Å². The molecule has 3 aromatic rings. The summed E-state index contributed by atoms with van der Waals surface area (Å²) < 4.78 is 5.28. The first-order valence-electron chi connectivity index (χ1n) is 8.57. The summed E-state index contributed by atoms with van der Waals surface area (Å²) in [6.07, 6.45) is 6.98. The molecule has 0 saturated heterocycles. The number of nitrogen functional groups attached to an aromatic ring is 1. The summed E-state index contributed by atoms with van der Waals surface area (Å²) in [5, 5.41) is 1.28. The number of rotatable bonds is 3. The smallest absolute Gasteiger partial charge is 0.340 e. The lowest BCUT2D eigenvalue weighted by Gasteiger charge is -2.06. The van der Waals surface area contributed by atoms with Crippen molar-refractivity contribution in [2.24, 2.45) is 0 Å². The van der Waals surface area contributed by atoms with Gasteiger partial charge in [-0.25, -0.2) is 19.7 Å². The Bertz CT molecular complexity index is 1040. The highest BCUT2D eigenvalue weighted by Crippen LogP contribution is 2.37. The zero-order valence-electron chi connectivity index (χ0n) is 14.3. The Morgan fingerprint density at radius 3 is 2.85 bits per heavy atom. The van der Waals surface area contributed by atoms with E-state index in [1.807, 2.05) is 0 Å². The molecule has 0 fully saturated rings. The van der Waals surface area contributed by atoms with Gasteiger partial charge in [0.25, 0.3) is 0 Å². The first kappa shape index (κ1) is 18.4. The number of pyridine rings is 1. The lowest BCUT2D eigenvalue weighted by Crippen LogP contribution is -2.09. The third-order valence-electron chi connectivity index (χ3n) is 4.50. The molecule has 4 rings (SSSR count). The molecule has 0 aromatic carbocycles. The first-order chi connectivity index (χ1) is 13.0. The van der Waals surface area contributed by atoms with Crippen LogP contribution in [0.5, 0.6) is 0 Å². The molecule has 2 N–H and O–H groups in total. The Balaban J connectivity index is 1.55. The molecule has 0 aliphatic heterocycles. The van der Waals surface area contributed by atoms with Crippen molar-refractivity contribution in [2.75, 3.05) is 5.73 Å². The molecule has 0 radical (unpaired) electrons. The van der Waals surface area contributed by atoms with Gasteiger partial charge in [-0.2, -0.15) is 0 Å². The number of esters is 1. The third kappa shape index (κ3) is 3.72. The molecule has 1 aliphatic rings. The summed E-state index contributed by atoms with van der Waals surface area (Å²) in [7, 11) is 0. The summed E-state index contributed by atoms with van der Waals surface area (Å²) in [4.78, 5) is 27.1. The quantitative estimate of drug-likeness (QED) is 0.376. The van der Waals surface area contributed by atoms with E-state index < -0.39 is 5.97 Å². The van der Waals surface area contributed by atoms with Gasteiger partial charge in [0, 0.05) is 11.1 Å². The van der Waals surface area contributed by atoms with Crippen LogP contribution in [0.15, 0.2) is 12.3 Å². The van der Waals surface area contributed by atoms with Crippen LogP contribution in [0.3, 0.4) is 0 Å². The van der Waals surface area contributed by atoms with Crippen molar-refractivity contribution in [3.63, 3.8) is 0 Å². The van der Waals surface area contributed by atoms with Crippen molar-refractivity contribution < 1.29 is 9.53 Å². The van der Waals surface area contributed by atoms with Crippen LogP contribution in [0.1, 0.15) is 45.9 Å². The summed E-state index contributed by atoms with van der Waals surface area (Å²) in [6, 6.07) is 1.41. The zero-order valence-corrected chi connectivity index (χ0v) is 16.6. The number of nitrogens with zero attached hydrogens (tertiary/aromatic N) is 3. The fraction of sp³-hybridized carbons (Fsp3) is 0.333. The number of fused-ring (bicyclic) bond motifs is 3. The van der Waals surface area contributed by atoms with Crippen LogP contribution in [0.25, 0.3) is 10.2 Å². The number of nitrogens with two attached hydrogens (primary N) is 1. The van der Waals surface area contributed by atoms with Crippen LogP contribution in [0.2, 0.25) is 10.2 Å². The van der Waals surface area contributed by atoms with E-state index in [1.165, 1.54) is 35.5 Å². The number of carbonyl (C=O) groups is 1. The van der Waals surface area contributed by atoms with Crippen LogP contribution in [0, 0.1) is 0 Å². The number of halogens is 2. The van der Waals surface area contributed by atoms with Crippen molar-refractivity contribution in [3.8, 4) is 0 Å². The maximum atomic E-state index is 12.2. The van der Waals surface area contributed by atoms with Crippen LogP contribution in [-0.2, 0) is 24.2 Å². The van der Waals surface area contributed by atoms with E-state index in [0.29, 0.717) is 11.6 Å². The van der Waals surface area contributed by atoms with Gasteiger partial charge in [-0.3, -0.25) is 0 Å². The van der Waals surface area contributed by atoms with Gasteiger partial charge in [-0.15, -0.1) is 11.3 Å². The highest BCUT2D eigenvalue weighted by Gasteiger charge is 2.20. The van der Waals surface area contributed by atoms with Gasteiger partial charge in [-0.05, 0) is 37.3 Å². The minimum Gasteiger partial charge on any atom is -0.454 e. The lowest BCUT2D eigenvalue weighted by molar-refractivity contribution is 0.0462. The molecule has 0 bridgehead atoms. The van der Waals surface area contributed by atoms with Crippen molar-refractivity contribution in [1.29, 1.82) is 0 Å². The van der Waals surface area contributed by atoms with Crippen LogP contribution < -0.4 is 5.73 Å². The Morgan fingerprint density at radius 1 is 1.22 bits per heavy atom. The fourth-order valence-corrected chi connectivity index (χ4v) is 4.78. The molecule has 3 aromatic heterocycles. The second-order valence-corrected chi connectivity index (χ2v) is 8.19.